The molecule has 108 valence electrons. The lowest BCUT2D eigenvalue weighted by atomic mass is 10.1. The van der Waals surface area contributed by atoms with Gasteiger partial charge in [0.05, 0.1) is 25.8 Å². The van der Waals surface area contributed by atoms with Crippen LogP contribution in [-0.4, -0.2) is 35.1 Å². The van der Waals surface area contributed by atoms with Crippen molar-refractivity contribution >= 4 is 17.6 Å². The Kier molecular flexibility index (Phi) is 3.13. The van der Waals surface area contributed by atoms with E-state index in [1.54, 1.807) is 12.1 Å². The molecule has 21 heavy (non-hydrogen) atoms. The van der Waals surface area contributed by atoms with Gasteiger partial charge >= 0.3 is 5.97 Å². The maximum absolute atomic E-state index is 11.9. The number of halogens is 1. The lowest BCUT2D eigenvalue weighted by Gasteiger charge is -2.20. The summed E-state index contributed by atoms with van der Waals surface area (Å²) in [7, 11) is 2.89. The highest BCUT2D eigenvalue weighted by Gasteiger charge is 2.49. The molecule has 8 heteroatoms. The molecule has 3 rings (SSSR count). The van der Waals surface area contributed by atoms with Crippen LogP contribution in [-0.2, 0) is 9.80 Å². The molecule has 0 radical (unpaired) electrons. The van der Waals surface area contributed by atoms with Crippen LogP contribution < -0.4 is 9.47 Å². The highest BCUT2D eigenvalue weighted by molar-refractivity contribution is 6.27. The van der Waals surface area contributed by atoms with Crippen LogP contribution in [0.15, 0.2) is 24.4 Å². The summed E-state index contributed by atoms with van der Waals surface area (Å²) < 4.78 is 15.4. The van der Waals surface area contributed by atoms with E-state index < -0.39 is 11.0 Å². The van der Waals surface area contributed by atoms with Gasteiger partial charge in [-0.05, 0) is 12.1 Å². The maximum Gasteiger partial charge on any atom is 0.359 e. The molecule has 0 aliphatic carbocycles. The fourth-order valence-electron chi connectivity index (χ4n) is 1.98. The first kappa shape index (κ1) is 13.6. The minimum absolute atomic E-state index is 0.0421. The van der Waals surface area contributed by atoms with Crippen LogP contribution in [0.25, 0.3) is 0 Å². The van der Waals surface area contributed by atoms with Gasteiger partial charge in [0.25, 0.3) is 5.06 Å². The SMILES string of the molecule is COc1cc(OC)nc(C2(Cl)OC(=O)c3ncccc32)n1. The molecule has 0 bridgehead atoms. The summed E-state index contributed by atoms with van der Waals surface area (Å²) >= 11 is 6.46. The Hall–Kier alpha value is -2.41. The number of rotatable bonds is 3. The molecule has 0 amide bonds. The van der Waals surface area contributed by atoms with E-state index in [9.17, 15) is 4.79 Å². The van der Waals surface area contributed by atoms with Crippen LogP contribution >= 0.6 is 11.6 Å². The van der Waals surface area contributed by atoms with E-state index in [4.69, 9.17) is 25.8 Å². The molecule has 1 unspecified atom stereocenters. The lowest BCUT2D eigenvalue weighted by molar-refractivity contribution is 0.0340. The summed E-state index contributed by atoms with van der Waals surface area (Å²) in [5.41, 5.74) is 0.518. The number of methoxy groups -OCH3 is 2. The molecular formula is C13H10ClN3O4. The summed E-state index contributed by atoms with van der Waals surface area (Å²) in [6.45, 7) is 0. The number of ether oxygens (including phenoxy) is 3. The second kappa shape index (κ2) is 4.85. The third kappa shape index (κ3) is 2.06. The second-order valence-electron chi connectivity index (χ2n) is 4.16. The summed E-state index contributed by atoms with van der Waals surface area (Å²) in [5.74, 6) is -0.109. The topological polar surface area (TPSA) is 83.4 Å². The molecule has 1 aliphatic rings. The average Bonchev–Trinajstić information content (AvgIpc) is 2.80. The number of hydrogen-bond donors (Lipinski definition) is 0. The van der Waals surface area contributed by atoms with Gasteiger partial charge in [-0.2, -0.15) is 9.97 Å². The molecule has 2 aromatic rings. The molecule has 0 fully saturated rings. The molecule has 2 aromatic heterocycles. The Balaban J connectivity index is 2.18. The normalized spacial score (nSPS) is 19.9. The number of esters is 1. The van der Waals surface area contributed by atoms with E-state index >= 15 is 0 Å². The number of cyclic esters (lactones) is 1. The highest BCUT2D eigenvalue weighted by Crippen LogP contribution is 2.43. The summed E-state index contributed by atoms with van der Waals surface area (Å²) in [6.07, 6.45) is 1.48. The van der Waals surface area contributed by atoms with Crippen LogP contribution in [0.1, 0.15) is 21.9 Å². The smallest absolute Gasteiger partial charge is 0.359 e. The maximum atomic E-state index is 11.9. The Bertz CT molecular complexity index is 702. The minimum Gasteiger partial charge on any atom is -0.481 e. The van der Waals surface area contributed by atoms with Gasteiger partial charge in [-0.15, -0.1) is 0 Å². The molecule has 3 heterocycles. The van der Waals surface area contributed by atoms with Gasteiger partial charge in [0.15, 0.2) is 5.69 Å². The van der Waals surface area contributed by atoms with Crippen LogP contribution in [0.3, 0.4) is 0 Å². The standard InChI is InChI=1S/C13H10ClN3O4/c1-19-8-6-9(20-2)17-12(16-8)13(14)7-4-3-5-15-10(7)11(18)21-13/h3-6H,1-2H3. The number of hydrogen-bond acceptors (Lipinski definition) is 7. The predicted molar refractivity (Wildman–Crippen MR) is 71.4 cm³/mol. The van der Waals surface area contributed by atoms with E-state index in [2.05, 4.69) is 15.0 Å². The molecule has 0 aromatic carbocycles. The average molecular weight is 308 g/mol. The van der Waals surface area contributed by atoms with Gasteiger partial charge < -0.3 is 14.2 Å². The minimum atomic E-state index is -1.65. The Morgan fingerprint density at radius 3 is 2.52 bits per heavy atom. The zero-order valence-corrected chi connectivity index (χ0v) is 11.9. The van der Waals surface area contributed by atoms with Crippen molar-refractivity contribution in [3.05, 3.63) is 41.5 Å². The Morgan fingerprint density at radius 2 is 1.90 bits per heavy atom. The molecule has 0 N–H and O–H groups in total. The van der Waals surface area contributed by atoms with Gasteiger partial charge in [0.1, 0.15) is 0 Å². The number of nitrogens with zero attached hydrogens (tertiary/aromatic N) is 3. The molecule has 1 aliphatic heterocycles. The molecule has 0 saturated heterocycles. The zero-order chi connectivity index (χ0) is 15.0. The van der Waals surface area contributed by atoms with Gasteiger partial charge in [0.2, 0.25) is 17.6 Å². The van der Waals surface area contributed by atoms with Crippen LogP contribution in [0.2, 0.25) is 0 Å². The first-order chi connectivity index (χ1) is 10.1. The second-order valence-corrected chi connectivity index (χ2v) is 4.69. The fourth-order valence-corrected chi connectivity index (χ4v) is 2.29. The van der Waals surface area contributed by atoms with Crippen molar-refractivity contribution in [1.29, 1.82) is 0 Å². The van der Waals surface area contributed by atoms with Gasteiger partial charge in [-0.1, -0.05) is 11.6 Å². The lowest BCUT2D eigenvalue weighted by Crippen LogP contribution is -2.24. The summed E-state index contributed by atoms with van der Waals surface area (Å²) in [4.78, 5) is 24.1. The number of pyridine rings is 1. The van der Waals surface area contributed by atoms with Gasteiger partial charge in [-0.3, -0.25) is 0 Å². The zero-order valence-electron chi connectivity index (χ0n) is 11.2. The van der Waals surface area contributed by atoms with Gasteiger partial charge in [0, 0.05) is 6.20 Å². The third-order valence-electron chi connectivity index (χ3n) is 2.97. The molecule has 0 spiro atoms. The van der Waals surface area contributed by atoms with Crippen LogP contribution in [0.4, 0.5) is 0 Å². The number of alkyl halides is 1. The fraction of sp³-hybridized carbons (Fsp3) is 0.231. The summed E-state index contributed by atoms with van der Waals surface area (Å²) in [6, 6.07) is 4.77. The molecule has 1 atom stereocenters. The monoisotopic (exact) mass is 307 g/mol. The molecule has 7 nitrogen and oxygen atoms in total. The summed E-state index contributed by atoms with van der Waals surface area (Å²) in [5, 5.41) is -1.65. The van der Waals surface area contributed by atoms with E-state index in [1.807, 2.05) is 0 Å². The number of carbonyl (C=O) groups is 1. The quantitative estimate of drug-likeness (QED) is 0.627. The van der Waals surface area contributed by atoms with Gasteiger partial charge in [-0.25, -0.2) is 9.78 Å². The third-order valence-corrected chi connectivity index (χ3v) is 3.42. The first-order valence-corrected chi connectivity index (χ1v) is 6.31. The molecule has 0 saturated carbocycles. The Morgan fingerprint density at radius 1 is 1.24 bits per heavy atom. The van der Waals surface area contributed by atoms with E-state index in [0.29, 0.717) is 5.56 Å². The molecular weight excluding hydrogens is 298 g/mol. The van der Waals surface area contributed by atoms with Crippen LogP contribution in [0, 0.1) is 0 Å². The van der Waals surface area contributed by atoms with Crippen molar-refractivity contribution in [2.75, 3.05) is 14.2 Å². The van der Waals surface area contributed by atoms with Crippen LogP contribution in [0.5, 0.6) is 11.8 Å². The van der Waals surface area contributed by atoms with E-state index in [0.717, 1.165) is 0 Å². The van der Waals surface area contributed by atoms with E-state index in [-0.39, 0.29) is 23.3 Å². The predicted octanol–water partition coefficient (Wildman–Crippen LogP) is 1.50. The largest absolute Gasteiger partial charge is 0.481 e. The van der Waals surface area contributed by atoms with Crippen molar-refractivity contribution in [2.24, 2.45) is 0 Å². The van der Waals surface area contributed by atoms with Crippen molar-refractivity contribution < 1.29 is 19.0 Å². The number of aromatic nitrogens is 3. The van der Waals surface area contributed by atoms with Crippen molar-refractivity contribution in [2.45, 2.75) is 5.06 Å². The van der Waals surface area contributed by atoms with Crippen molar-refractivity contribution in [3.63, 3.8) is 0 Å². The number of carbonyl (C=O) groups excluding carboxylic acids is 1. The van der Waals surface area contributed by atoms with E-state index in [1.165, 1.54) is 26.5 Å². The van der Waals surface area contributed by atoms with Crippen molar-refractivity contribution in [3.8, 4) is 11.8 Å². The van der Waals surface area contributed by atoms with Crippen molar-refractivity contribution in [1.82, 2.24) is 15.0 Å². The Labute approximate surface area is 124 Å². The number of fused-ring (bicyclic) bond motifs is 1. The highest BCUT2D eigenvalue weighted by atomic mass is 35.5. The first-order valence-electron chi connectivity index (χ1n) is 5.94.